The molecule has 2 aromatic carbocycles. The van der Waals surface area contributed by atoms with Gasteiger partial charge in [0.25, 0.3) is 11.8 Å². The maximum absolute atomic E-state index is 13.1. The molecule has 11 heteroatoms. The van der Waals surface area contributed by atoms with Crippen LogP contribution < -0.4 is 14.4 Å². The van der Waals surface area contributed by atoms with Crippen LogP contribution in [0.5, 0.6) is 11.5 Å². The molecule has 0 aliphatic carbocycles. The first-order chi connectivity index (χ1) is 14.7. The Morgan fingerprint density at radius 3 is 2.42 bits per heavy atom. The van der Waals surface area contributed by atoms with Crippen molar-refractivity contribution in [2.45, 2.75) is 24.8 Å². The van der Waals surface area contributed by atoms with E-state index in [1.165, 1.54) is 43.5 Å². The maximum Gasteiger partial charge on any atom is 0.416 e. The summed E-state index contributed by atoms with van der Waals surface area (Å²) < 4.78 is 49.3. The number of fused-ring (bicyclic) bond motifs is 1. The third-order valence-electron chi connectivity index (χ3n) is 5.08. The van der Waals surface area contributed by atoms with E-state index in [1.807, 2.05) is 0 Å². The summed E-state index contributed by atoms with van der Waals surface area (Å²) in [6.07, 6.45) is -4.49. The number of hydrogen-bond acceptors (Lipinski definition) is 7. The number of nitrogens with zero attached hydrogens (tertiary/aromatic N) is 4. The molecule has 0 saturated carbocycles. The second-order valence-electron chi connectivity index (χ2n) is 6.94. The van der Waals surface area contributed by atoms with Gasteiger partial charge in [-0.15, -0.1) is 0 Å². The quantitative estimate of drug-likeness (QED) is 0.675. The Labute approximate surface area is 174 Å². The lowest BCUT2D eigenvalue weighted by Crippen LogP contribution is -2.39. The average molecular weight is 434 g/mol. The minimum absolute atomic E-state index is 0.104. The topological polar surface area (TPSA) is 83.8 Å². The highest BCUT2D eigenvalue weighted by Crippen LogP contribution is 2.37. The van der Waals surface area contributed by atoms with Crippen molar-refractivity contribution in [2.24, 2.45) is 10.3 Å². The lowest BCUT2D eigenvalue weighted by molar-refractivity contribution is -0.137. The van der Waals surface area contributed by atoms with Gasteiger partial charge in [-0.1, -0.05) is 17.4 Å². The van der Waals surface area contributed by atoms with Gasteiger partial charge in [0.1, 0.15) is 0 Å². The number of carbonyl (C=O) groups excluding carboxylic acids is 2. The SMILES string of the molecule is COc1ccc(N2C(=O)[C@@H]3[C@@H](N=NN3Cc3cccc(C(F)(F)F)c3)C2=O)cc1OC. The number of ether oxygens (including phenoxy) is 2. The zero-order chi connectivity index (χ0) is 22.3. The van der Waals surface area contributed by atoms with E-state index in [9.17, 15) is 22.8 Å². The highest BCUT2D eigenvalue weighted by molar-refractivity contribution is 6.25. The summed E-state index contributed by atoms with van der Waals surface area (Å²) in [7, 11) is 2.88. The summed E-state index contributed by atoms with van der Waals surface area (Å²) in [5.74, 6) is -0.381. The molecule has 0 unspecified atom stereocenters. The molecule has 1 saturated heterocycles. The Kier molecular flexibility index (Phi) is 5.03. The Bertz CT molecular complexity index is 1070. The highest BCUT2D eigenvalue weighted by Gasteiger charge is 2.54. The highest BCUT2D eigenvalue weighted by atomic mass is 19.4. The number of benzene rings is 2. The third kappa shape index (κ3) is 3.56. The molecule has 2 aliphatic heterocycles. The van der Waals surface area contributed by atoms with Crippen molar-refractivity contribution in [2.75, 3.05) is 19.1 Å². The second-order valence-corrected chi connectivity index (χ2v) is 6.94. The fourth-order valence-electron chi connectivity index (χ4n) is 3.61. The summed E-state index contributed by atoms with van der Waals surface area (Å²) in [5.41, 5.74) is -0.242. The molecule has 0 spiro atoms. The molecule has 0 radical (unpaired) electrons. The summed E-state index contributed by atoms with van der Waals surface area (Å²) in [4.78, 5) is 26.9. The van der Waals surface area contributed by atoms with Crippen LogP contribution in [0.4, 0.5) is 18.9 Å². The lowest BCUT2D eigenvalue weighted by Gasteiger charge is -2.21. The van der Waals surface area contributed by atoms with E-state index in [1.54, 1.807) is 6.07 Å². The van der Waals surface area contributed by atoms with Crippen molar-refractivity contribution in [1.82, 2.24) is 5.01 Å². The fourth-order valence-corrected chi connectivity index (χ4v) is 3.61. The number of amides is 2. The molecule has 0 N–H and O–H groups in total. The zero-order valence-corrected chi connectivity index (χ0v) is 16.5. The van der Waals surface area contributed by atoms with Crippen LogP contribution >= 0.6 is 0 Å². The Morgan fingerprint density at radius 1 is 1.00 bits per heavy atom. The predicted octanol–water partition coefficient (Wildman–Crippen LogP) is 3.22. The van der Waals surface area contributed by atoms with Crippen molar-refractivity contribution in [3.8, 4) is 11.5 Å². The van der Waals surface area contributed by atoms with E-state index in [0.29, 0.717) is 17.1 Å². The van der Waals surface area contributed by atoms with Crippen LogP contribution in [0.1, 0.15) is 11.1 Å². The zero-order valence-electron chi connectivity index (χ0n) is 16.5. The first kappa shape index (κ1) is 20.6. The van der Waals surface area contributed by atoms with Crippen LogP contribution in [0, 0.1) is 0 Å². The smallest absolute Gasteiger partial charge is 0.416 e. The van der Waals surface area contributed by atoms with Gasteiger partial charge in [0.05, 0.1) is 32.0 Å². The van der Waals surface area contributed by atoms with Crippen molar-refractivity contribution in [1.29, 1.82) is 0 Å². The van der Waals surface area contributed by atoms with Crippen LogP contribution in [-0.2, 0) is 22.3 Å². The molecule has 0 aromatic heterocycles. The Morgan fingerprint density at radius 2 is 1.74 bits per heavy atom. The van der Waals surface area contributed by atoms with Crippen molar-refractivity contribution >= 4 is 17.5 Å². The van der Waals surface area contributed by atoms with Gasteiger partial charge < -0.3 is 9.47 Å². The monoisotopic (exact) mass is 434 g/mol. The number of halogens is 3. The molecule has 1 fully saturated rings. The first-order valence-corrected chi connectivity index (χ1v) is 9.18. The molecule has 2 aliphatic rings. The Balaban J connectivity index is 1.59. The van der Waals surface area contributed by atoms with Crippen LogP contribution in [-0.4, -0.2) is 43.1 Å². The Hall–Kier alpha value is -3.63. The number of imide groups is 1. The summed E-state index contributed by atoms with van der Waals surface area (Å²) in [6, 6.07) is 7.20. The van der Waals surface area contributed by atoms with E-state index in [-0.39, 0.29) is 12.2 Å². The minimum Gasteiger partial charge on any atom is -0.493 e. The maximum atomic E-state index is 13.1. The lowest BCUT2D eigenvalue weighted by atomic mass is 10.1. The molecule has 0 bridgehead atoms. The molecule has 2 amide bonds. The van der Waals surface area contributed by atoms with Crippen molar-refractivity contribution in [3.05, 3.63) is 53.6 Å². The summed E-state index contributed by atoms with van der Waals surface area (Å²) in [6.45, 7) is -0.104. The van der Waals surface area contributed by atoms with Gasteiger partial charge in [0, 0.05) is 6.07 Å². The minimum atomic E-state index is -4.49. The van der Waals surface area contributed by atoms with Gasteiger partial charge in [-0.25, -0.2) is 4.90 Å². The van der Waals surface area contributed by atoms with E-state index < -0.39 is 35.6 Å². The van der Waals surface area contributed by atoms with E-state index in [2.05, 4.69) is 10.3 Å². The molecule has 4 rings (SSSR count). The fraction of sp³-hybridized carbons (Fsp3) is 0.300. The molecule has 162 valence electrons. The predicted molar refractivity (Wildman–Crippen MR) is 101 cm³/mol. The number of methoxy groups -OCH3 is 2. The molecule has 31 heavy (non-hydrogen) atoms. The van der Waals surface area contributed by atoms with Crippen LogP contribution in [0.2, 0.25) is 0 Å². The number of anilines is 1. The number of carbonyl (C=O) groups is 2. The van der Waals surface area contributed by atoms with E-state index in [0.717, 1.165) is 17.0 Å². The molecular formula is C20H17F3N4O4. The summed E-state index contributed by atoms with van der Waals surface area (Å²) >= 11 is 0. The van der Waals surface area contributed by atoms with Crippen molar-refractivity contribution < 1.29 is 32.2 Å². The first-order valence-electron chi connectivity index (χ1n) is 9.18. The van der Waals surface area contributed by atoms with Gasteiger partial charge in [-0.3, -0.25) is 14.6 Å². The molecule has 2 atom stereocenters. The molecule has 8 nitrogen and oxygen atoms in total. The van der Waals surface area contributed by atoms with E-state index >= 15 is 0 Å². The number of alkyl halides is 3. The molecular weight excluding hydrogens is 417 g/mol. The van der Waals surface area contributed by atoms with Crippen LogP contribution in [0.3, 0.4) is 0 Å². The average Bonchev–Trinajstić information content (AvgIpc) is 3.26. The van der Waals surface area contributed by atoms with Crippen molar-refractivity contribution in [3.63, 3.8) is 0 Å². The third-order valence-corrected chi connectivity index (χ3v) is 5.08. The van der Waals surface area contributed by atoms with Crippen LogP contribution in [0.15, 0.2) is 52.8 Å². The van der Waals surface area contributed by atoms with Gasteiger partial charge in [0.15, 0.2) is 23.6 Å². The van der Waals surface area contributed by atoms with Crippen LogP contribution in [0.25, 0.3) is 0 Å². The van der Waals surface area contributed by atoms with Gasteiger partial charge in [-0.05, 0) is 29.8 Å². The van der Waals surface area contributed by atoms with Gasteiger partial charge in [0.2, 0.25) is 0 Å². The molecule has 2 heterocycles. The normalized spacial score (nSPS) is 20.4. The number of hydrogen-bond donors (Lipinski definition) is 0. The molecule has 2 aromatic rings. The standard InChI is InChI=1S/C20H17F3N4O4/c1-30-14-7-6-13(9-15(14)31-2)27-18(28)16-17(19(27)29)26(25-24-16)10-11-4-3-5-12(8-11)20(21,22)23/h3-9,16-17H,10H2,1-2H3/t16-,17+/m1/s1. The van der Waals surface area contributed by atoms with E-state index in [4.69, 9.17) is 9.47 Å². The van der Waals surface area contributed by atoms with Gasteiger partial charge >= 0.3 is 6.18 Å². The summed E-state index contributed by atoms with van der Waals surface area (Å²) in [5, 5.41) is 8.99. The number of rotatable bonds is 5. The van der Waals surface area contributed by atoms with Gasteiger partial charge in [-0.2, -0.15) is 18.3 Å². The largest absolute Gasteiger partial charge is 0.493 e. The second kappa shape index (κ2) is 7.56.